The zero-order valence-corrected chi connectivity index (χ0v) is 18.7. The fraction of sp³-hybridized carbons (Fsp3) is 0.320. The molecule has 0 atom stereocenters. The van der Waals surface area contributed by atoms with E-state index in [1.807, 2.05) is 66.7 Å². The van der Waals surface area contributed by atoms with Gasteiger partial charge in [0.05, 0.1) is 5.52 Å². The lowest BCUT2D eigenvalue weighted by atomic mass is 10.2. The highest BCUT2D eigenvalue weighted by Gasteiger charge is 2.33. The lowest BCUT2D eigenvalue weighted by molar-refractivity contribution is -0.123. The Morgan fingerprint density at radius 2 is 1.79 bits per heavy atom. The largest absolute Gasteiger partial charge is 0.407 e. The first kappa shape index (κ1) is 22.5. The third kappa shape index (κ3) is 4.75. The number of fused-ring (bicyclic) bond motifs is 1. The summed E-state index contributed by atoms with van der Waals surface area (Å²) in [7, 11) is 2.04. The van der Waals surface area contributed by atoms with Crippen molar-refractivity contribution in [3.05, 3.63) is 65.7 Å². The molecule has 0 saturated carbocycles. The van der Waals surface area contributed by atoms with Crippen LogP contribution in [0.2, 0.25) is 0 Å². The van der Waals surface area contributed by atoms with Gasteiger partial charge >= 0.3 is 0 Å². The van der Waals surface area contributed by atoms with Gasteiger partial charge in [-0.25, -0.2) is 10.0 Å². The van der Waals surface area contributed by atoms with E-state index in [0.29, 0.717) is 35.4 Å². The normalized spacial score (nSPS) is 14.7. The first-order valence-corrected chi connectivity index (χ1v) is 11.0. The quantitative estimate of drug-likeness (QED) is 0.496. The summed E-state index contributed by atoms with van der Waals surface area (Å²) in [5.74, 6) is 0.144. The average molecular weight is 446 g/mol. The summed E-state index contributed by atoms with van der Waals surface area (Å²) in [5.41, 5.74) is 2.05. The van der Waals surface area contributed by atoms with Gasteiger partial charge in [0.1, 0.15) is 24.5 Å². The van der Waals surface area contributed by atoms with E-state index in [0.717, 1.165) is 24.9 Å². The van der Waals surface area contributed by atoms with E-state index in [4.69, 9.17) is 4.84 Å². The molecule has 0 radical (unpaired) electrons. The van der Waals surface area contributed by atoms with Crippen molar-refractivity contribution < 1.29 is 14.4 Å². The minimum absolute atomic E-state index is 0.0565. The van der Waals surface area contributed by atoms with E-state index in [2.05, 4.69) is 11.0 Å². The first-order valence-electron chi connectivity index (χ1n) is 11.0. The Kier molecular flexibility index (Phi) is 7.03. The Hall–Kier alpha value is -3.67. The zero-order valence-electron chi connectivity index (χ0n) is 18.7. The number of anilines is 1. The molecule has 170 valence electrons. The Bertz CT molecular complexity index is 1160. The zero-order chi connectivity index (χ0) is 23.2. The number of amides is 1. The van der Waals surface area contributed by atoms with Gasteiger partial charge in [0, 0.05) is 44.4 Å². The van der Waals surface area contributed by atoms with Crippen LogP contribution in [0.4, 0.5) is 5.82 Å². The minimum Gasteiger partial charge on any atom is -0.407 e. The van der Waals surface area contributed by atoms with Crippen LogP contribution in [-0.2, 0) is 16.2 Å². The van der Waals surface area contributed by atoms with Crippen molar-refractivity contribution in [1.29, 1.82) is 5.26 Å². The number of hydrogen-bond acceptors (Lipinski definition) is 6. The molecule has 1 aromatic heterocycles. The Morgan fingerprint density at radius 1 is 1.09 bits per heavy atom. The van der Waals surface area contributed by atoms with E-state index in [1.54, 1.807) is 9.74 Å². The van der Waals surface area contributed by atoms with E-state index in [-0.39, 0.29) is 25.4 Å². The second kappa shape index (κ2) is 10.3. The average Bonchev–Trinajstić information content (AvgIpc) is 3.16. The highest BCUT2D eigenvalue weighted by Crippen LogP contribution is 2.33. The molecule has 1 saturated heterocycles. The standard InChI is InChI=1S/C25H27N5O3/c1-27-13-15-28(16-14-27)29(24(32)12-7-17-31)25-22(18-26)21-10-5-6-11-23(21)30(25)33-19-20-8-3-2-4-9-20/h2-6,8-11,17H,7,12-16,19H2,1H3. The van der Waals surface area contributed by atoms with Crippen molar-refractivity contribution in [2.24, 2.45) is 0 Å². The van der Waals surface area contributed by atoms with E-state index in [1.165, 1.54) is 0 Å². The number of hydrazine groups is 1. The summed E-state index contributed by atoms with van der Waals surface area (Å²) in [6, 6.07) is 19.5. The van der Waals surface area contributed by atoms with Crippen molar-refractivity contribution in [2.75, 3.05) is 38.2 Å². The predicted molar refractivity (Wildman–Crippen MR) is 125 cm³/mol. The lowest BCUT2D eigenvalue weighted by Crippen LogP contribution is -2.56. The van der Waals surface area contributed by atoms with Crippen molar-refractivity contribution >= 4 is 28.9 Å². The minimum atomic E-state index is -0.240. The number of carbonyl (C=O) groups excluding carboxylic acids is 2. The van der Waals surface area contributed by atoms with Crippen molar-refractivity contribution in [2.45, 2.75) is 19.4 Å². The van der Waals surface area contributed by atoms with Crippen LogP contribution in [0.15, 0.2) is 54.6 Å². The molecule has 0 bridgehead atoms. The predicted octanol–water partition coefficient (Wildman–Crippen LogP) is 2.62. The maximum atomic E-state index is 13.4. The van der Waals surface area contributed by atoms with Crippen molar-refractivity contribution in [1.82, 2.24) is 14.6 Å². The molecule has 0 spiro atoms. The van der Waals surface area contributed by atoms with Crippen LogP contribution in [0.5, 0.6) is 0 Å². The van der Waals surface area contributed by atoms with Gasteiger partial charge in [-0.3, -0.25) is 4.79 Å². The van der Waals surface area contributed by atoms with Gasteiger partial charge < -0.3 is 14.5 Å². The van der Waals surface area contributed by atoms with Crippen LogP contribution in [0.1, 0.15) is 24.0 Å². The molecule has 1 amide bonds. The molecule has 3 aromatic rings. The van der Waals surface area contributed by atoms with E-state index in [9.17, 15) is 14.9 Å². The van der Waals surface area contributed by atoms with Gasteiger partial charge in [0.15, 0.2) is 5.82 Å². The number of nitriles is 1. The number of para-hydroxylation sites is 1. The van der Waals surface area contributed by atoms with Crippen LogP contribution in [0.25, 0.3) is 10.9 Å². The summed E-state index contributed by atoms with van der Waals surface area (Å²) < 4.78 is 1.60. The first-order chi connectivity index (χ1) is 16.1. The molecule has 2 heterocycles. The second-order valence-corrected chi connectivity index (χ2v) is 8.05. The number of piperazine rings is 1. The highest BCUT2D eigenvalue weighted by atomic mass is 16.7. The smallest absolute Gasteiger partial charge is 0.243 e. The molecule has 0 aliphatic carbocycles. The molecular formula is C25H27N5O3. The number of aromatic nitrogens is 1. The third-order valence-electron chi connectivity index (χ3n) is 5.80. The van der Waals surface area contributed by atoms with Crippen LogP contribution >= 0.6 is 0 Å². The molecule has 33 heavy (non-hydrogen) atoms. The fourth-order valence-electron chi connectivity index (χ4n) is 4.04. The van der Waals surface area contributed by atoms with Gasteiger partial charge in [-0.1, -0.05) is 48.5 Å². The molecule has 0 unspecified atom stereocenters. The van der Waals surface area contributed by atoms with Crippen LogP contribution in [0, 0.1) is 11.3 Å². The summed E-state index contributed by atoms with van der Waals surface area (Å²) in [5, 5.41) is 14.3. The number of likely N-dealkylation sites (N-methyl/N-ethyl adjacent to an activating group) is 1. The Morgan fingerprint density at radius 3 is 2.48 bits per heavy atom. The molecule has 1 fully saturated rings. The number of hydrogen-bond donors (Lipinski definition) is 0. The number of aldehydes is 1. The molecule has 8 nitrogen and oxygen atoms in total. The van der Waals surface area contributed by atoms with Gasteiger partial charge in [-0.15, -0.1) is 0 Å². The number of nitrogens with zero attached hydrogens (tertiary/aromatic N) is 5. The molecule has 0 N–H and O–H groups in total. The highest BCUT2D eigenvalue weighted by molar-refractivity contribution is 6.00. The summed E-state index contributed by atoms with van der Waals surface area (Å²) >= 11 is 0. The maximum absolute atomic E-state index is 13.4. The van der Waals surface area contributed by atoms with Gasteiger partial charge in [0.25, 0.3) is 0 Å². The molecule has 1 aliphatic heterocycles. The van der Waals surface area contributed by atoms with Crippen LogP contribution in [-0.4, -0.2) is 60.1 Å². The van der Waals surface area contributed by atoms with Gasteiger partial charge in [-0.2, -0.15) is 9.99 Å². The van der Waals surface area contributed by atoms with Crippen molar-refractivity contribution in [3.63, 3.8) is 0 Å². The van der Waals surface area contributed by atoms with Gasteiger partial charge in [0.2, 0.25) is 5.91 Å². The second-order valence-electron chi connectivity index (χ2n) is 8.05. The topological polar surface area (TPSA) is 81.8 Å². The maximum Gasteiger partial charge on any atom is 0.243 e. The number of benzene rings is 2. The fourth-order valence-corrected chi connectivity index (χ4v) is 4.04. The SMILES string of the molecule is CN1CCN(N(C(=O)CCC=O)c2c(C#N)c3ccccc3n2OCc2ccccc2)CC1. The molecule has 8 heteroatoms. The monoisotopic (exact) mass is 445 g/mol. The molecule has 4 rings (SSSR count). The molecule has 1 aliphatic rings. The molecular weight excluding hydrogens is 418 g/mol. The van der Waals surface area contributed by atoms with Crippen LogP contribution in [0.3, 0.4) is 0 Å². The van der Waals surface area contributed by atoms with Crippen LogP contribution < -0.4 is 9.85 Å². The summed E-state index contributed by atoms with van der Waals surface area (Å²) in [4.78, 5) is 32.8. The summed E-state index contributed by atoms with van der Waals surface area (Å²) in [6.07, 6.45) is 0.920. The van der Waals surface area contributed by atoms with Crippen molar-refractivity contribution in [3.8, 4) is 6.07 Å². The van der Waals surface area contributed by atoms with Gasteiger partial charge in [-0.05, 0) is 18.7 Å². The third-order valence-corrected chi connectivity index (χ3v) is 5.80. The summed E-state index contributed by atoms with van der Waals surface area (Å²) in [6.45, 7) is 3.08. The Labute approximate surface area is 193 Å². The number of rotatable bonds is 8. The Balaban J connectivity index is 1.83. The lowest BCUT2D eigenvalue weighted by Gasteiger charge is -2.40. The molecule has 2 aromatic carbocycles. The van der Waals surface area contributed by atoms with E-state index < -0.39 is 0 Å². The number of carbonyl (C=O) groups is 2. The van der Waals surface area contributed by atoms with E-state index >= 15 is 0 Å².